The quantitative estimate of drug-likeness (QED) is 0.590. The SMILES string of the molecule is CC[N+]1(C)CCN(CC(N)=O)CC1. The van der Waals surface area contributed by atoms with Crippen LogP contribution in [0.15, 0.2) is 0 Å². The van der Waals surface area contributed by atoms with Gasteiger partial charge in [-0.25, -0.2) is 0 Å². The smallest absolute Gasteiger partial charge is 0.231 e. The van der Waals surface area contributed by atoms with Crippen molar-refractivity contribution in [3.8, 4) is 0 Å². The molecule has 1 saturated heterocycles. The molecule has 1 aliphatic heterocycles. The van der Waals surface area contributed by atoms with Gasteiger partial charge in [0, 0.05) is 13.1 Å². The third-order valence-electron chi connectivity index (χ3n) is 3.06. The summed E-state index contributed by atoms with van der Waals surface area (Å²) in [7, 11) is 2.27. The Hall–Kier alpha value is -0.610. The third-order valence-corrected chi connectivity index (χ3v) is 3.06. The van der Waals surface area contributed by atoms with Crippen molar-refractivity contribution < 1.29 is 9.28 Å². The number of amides is 1. The van der Waals surface area contributed by atoms with Crippen LogP contribution in [0.1, 0.15) is 6.92 Å². The van der Waals surface area contributed by atoms with E-state index in [1.54, 1.807) is 0 Å². The minimum absolute atomic E-state index is 0.215. The zero-order valence-electron chi connectivity index (χ0n) is 8.62. The molecule has 1 fully saturated rings. The number of piperazine rings is 1. The number of carbonyl (C=O) groups excluding carboxylic acids is 1. The molecule has 0 aromatic rings. The Kier molecular flexibility index (Phi) is 3.27. The molecule has 1 aliphatic rings. The monoisotopic (exact) mass is 186 g/mol. The predicted molar refractivity (Wildman–Crippen MR) is 52.1 cm³/mol. The summed E-state index contributed by atoms with van der Waals surface area (Å²) in [5.74, 6) is -0.215. The second kappa shape index (κ2) is 4.07. The van der Waals surface area contributed by atoms with Crippen molar-refractivity contribution in [1.82, 2.24) is 4.90 Å². The largest absolute Gasteiger partial charge is 0.369 e. The third kappa shape index (κ3) is 2.97. The van der Waals surface area contributed by atoms with Gasteiger partial charge in [0.05, 0.1) is 33.2 Å². The van der Waals surface area contributed by atoms with E-state index in [2.05, 4.69) is 18.9 Å². The first-order valence-electron chi connectivity index (χ1n) is 4.90. The molecule has 4 heteroatoms. The number of hydrogen-bond donors (Lipinski definition) is 1. The number of likely N-dealkylation sites (N-methyl/N-ethyl adjacent to an activating group) is 1. The minimum Gasteiger partial charge on any atom is -0.369 e. The van der Waals surface area contributed by atoms with Gasteiger partial charge in [-0.1, -0.05) is 0 Å². The van der Waals surface area contributed by atoms with E-state index in [4.69, 9.17) is 5.73 Å². The molecule has 0 aromatic heterocycles. The standard InChI is InChI=1S/C9H19N3O/c1-3-12(2)6-4-11(5-7-12)8-9(10)13/h3-8H2,1-2H3,(H-,10,13)/p+1. The summed E-state index contributed by atoms with van der Waals surface area (Å²) in [4.78, 5) is 12.8. The lowest BCUT2D eigenvalue weighted by molar-refractivity contribution is -0.911. The van der Waals surface area contributed by atoms with Gasteiger partial charge in [-0.2, -0.15) is 0 Å². The molecule has 1 rings (SSSR count). The van der Waals surface area contributed by atoms with Gasteiger partial charge in [-0.05, 0) is 6.92 Å². The van der Waals surface area contributed by atoms with E-state index < -0.39 is 0 Å². The van der Waals surface area contributed by atoms with Gasteiger partial charge >= 0.3 is 0 Å². The Morgan fingerprint density at radius 2 is 2.00 bits per heavy atom. The summed E-state index contributed by atoms with van der Waals surface area (Å²) >= 11 is 0. The molecule has 0 atom stereocenters. The second-order valence-electron chi connectivity index (χ2n) is 4.13. The summed E-state index contributed by atoms with van der Waals surface area (Å²) in [5, 5.41) is 0. The molecule has 4 nitrogen and oxygen atoms in total. The summed E-state index contributed by atoms with van der Waals surface area (Å²) in [6.45, 7) is 8.05. The molecule has 0 unspecified atom stereocenters. The highest BCUT2D eigenvalue weighted by Gasteiger charge is 2.27. The molecule has 1 heterocycles. The lowest BCUT2D eigenvalue weighted by Crippen LogP contribution is -2.58. The first-order valence-corrected chi connectivity index (χ1v) is 4.90. The topological polar surface area (TPSA) is 46.3 Å². The van der Waals surface area contributed by atoms with Crippen LogP contribution in [0.3, 0.4) is 0 Å². The van der Waals surface area contributed by atoms with Crippen molar-refractivity contribution >= 4 is 5.91 Å². The maximum Gasteiger partial charge on any atom is 0.231 e. The number of primary amides is 1. The number of nitrogens with zero attached hydrogens (tertiary/aromatic N) is 2. The zero-order chi connectivity index (χ0) is 9.90. The Bertz CT molecular complexity index is 185. The average molecular weight is 186 g/mol. The molecule has 0 aliphatic carbocycles. The lowest BCUT2D eigenvalue weighted by Gasteiger charge is -2.41. The van der Waals surface area contributed by atoms with Gasteiger partial charge in [-0.15, -0.1) is 0 Å². The normalized spacial score (nSPS) is 22.9. The summed E-state index contributed by atoms with van der Waals surface area (Å²) < 4.78 is 1.12. The molecule has 13 heavy (non-hydrogen) atoms. The van der Waals surface area contributed by atoms with Crippen molar-refractivity contribution in [3.05, 3.63) is 0 Å². The van der Waals surface area contributed by atoms with Crippen molar-refractivity contribution in [3.63, 3.8) is 0 Å². The van der Waals surface area contributed by atoms with Crippen LogP contribution < -0.4 is 5.73 Å². The van der Waals surface area contributed by atoms with E-state index in [0.29, 0.717) is 6.54 Å². The maximum absolute atomic E-state index is 10.7. The average Bonchev–Trinajstić information content (AvgIpc) is 2.09. The van der Waals surface area contributed by atoms with Gasteiger partial charge in [-0.3, -0.25) is 9.69 Å². The van der Waals surface area contributed by atoms with Crippen LogP contribution in [0.4, 0.5) is 0 Å². The van der Waals surface area contributed by atoms with Crippen molar-refractivity contribution in [2.24, 2.45) is 5.73 Å². The van der Waals surface area contributed by atoms with Crippen LogP contribution in [-0.2, 0) is 4.79 Å². The van der Waals surface area contributed by atoms with E-state index in [1.807, 2.05) is 0 Å². The van der Waals surface area contributed by atoms with E-state index in [-0.39, 0.29) is 5.91 Å². The molecule has 0 aromatic carbocycles. The van der Waals surface area contributed by atoms with Crippen molar-refractivity contribution in [2.75, 3.05) is 46.3 Å². The first kappa shape index (κ1) is 10.5. The number of rotatable bonds is 3. The zero-order valence-corrected chi connectivity index (χ0v) is 8.62. The summed E-state index contributed by atoms with van der Waals surface area (Å²) in [6.07, 6.45) is 0. The molecule has 0 radical (unpaired) electrons. The van der Waals surface area contributed by atoms with E-state index in [1.165, 1.54) is 6.54 Å². The molecular formula is C9H20N3O+. The molecule has 76 valence electrons. The van der Waals surface area contributed by atoms with Crippen LogP contribution in [0, 0.1) is 0 Å². The number of nitrogens with two attached hydrogens (primary N) is 1. The van der Waals surface area contributed by atoms with Crippen LogP contribution in [0.25, 0.3) is 0 Å². The van der Waals surface area contributed by atoms with Crippen molar-refractivity contribution in [1.29, 1.82) is 0 Å². The fourth-order valence-corrected chi connectivity index (χ4v) is 1.68. The van der Waals surface area contributed by atoms with E-state index >= 15 is 0 Å². The molecule has 0 saturated carbocycles. The van der Waals surface area contributed by atoms with Crippen LogP contribution in [0.5, 0.6) is 0 Å². The van der Waals surface area contributed by atoms with Gasteiger partial charge in [0.2, 0.25) is 5.91 Å². The summed E-state index contributed by atoms with van der Waals surface area (Å²) in [5.41, 5.74) is 5.14. The summed E-state index contributed by atoms with van der Waals surface area (Å²) in [6, 6.07) is 0. The molecule has 1 amide bonds. The predicted octanol–water partition coefficient (Wildman–Crippen LogP) is -0.746. The number of quaternary nitrogens is 1. The Labute approximate surface area is 79.9 Å². The van der Waals surface area contributed by atoms with E-state index in [9.17, 15) is 4.79 Å². The highest BCUT2D eigenvalue weighted by molar-refractivity contribution is 5.75. The second-order valence-corrected chi connectivity index (χ2v) is 4.13. The van der Waals surface area contributed by atoms with Crippen molar-refractivity contribution in [2.45, 2.75) is 6.92 Å². The van der Waals surface area contributed by atoms with Crippen LogP contribution in [-0.4, -0.2) is 61.6 Å². The van der Waals surface area contributed by atoms with E-state index in [0.717, 1.165) is 30.7 Å². The number of carbonyl (C=O) groups is 1. The van der Waals surface area contributed by atoms with Gasteiger partial charge < -0.3 is 10.2 Å². The lowest BCUT2D eigenvalue weighted by atomic mass is 10.2. The molecule has 2 N–H and O–H groups in total. The molecule has 0 bridgehead atoms. The minimum atomic E-state index is -0.215. The van der Waals surface area contributed by atoms with Gasteiger partial charge in [0.1, 0.15) is 0 Å². The van der Waals surface area contributed by atoms with Gasteiger partial charge in [0.25, 0.3) is 0 Å². The highest BCUT2D eigenvalue weighted by Crippen LogP contribution is 2.08. The Morgan fingerprint density at radius 3 is 2.38 bits per heavy atom. The van der Waals surface area contributed by atoms with Gasteiger partial charge in [0.15, 0.2) is 0 Å². The highest BCUT2D eigenvalue weighted by atomic mass is 16.1. The number of hydrogen-bond acceptors (Lipinski definition) is 2. The Balaban J connectivity index is 2.34. The van der Waals surface area contributed by atoms with Crippen LogP contribution in [0.2, 0.25) is 0 Å². The Morgan fingerprint density at radius 1 is 1.46 bits per heavy atom. The molecule has 0 spiro atoms. The molecular weight excluding hydrogens is 166 g/mol. The fourth-order valence-electron chi connectivity index (χ4n) is 1.68. The maximum atomic E-state index is 10.7. The fraction of sp³-hybridized carbons (Fsp3) is 0.889. The first-order chi connectivity index (χ1) is 6.06. The van der Waals surface area contributed by atoms with Crippen LogP contribution >= 0.6 is 0 Å².